The Kier molecular flexibility index (Phi) is 2.49. The van der Waals surface area contributed by atoms with Crippen molar-refractivity contribution in [1.29, 1.82) is 0 Å². The Balaban J connectivity index is 2.18. The van der Waals surface area contributed by atoms with Gasteiger partial charge < -0.3 is 0 Å². The highest BCUT2D eigenvalue weighted by Crippen LogP contribution is 2.16. The maximum atomic E-state index is 12.3. The number of para-hydroxylation sites is 1. The van der Waals surface area contributed by atoms with Crippen LogP contribution in [-0.4, -0.2) is 25.7 Å². The van der Waals surface area contributed by atoms with E-state index in [-0.39, 0.29) is 5.78 Å². The van der Waals surface area contributed by atoms with Crippen LogP contribution in [0.5, 0.6) is 0 Å². The van der Waals surface area contributed by atoms with E-state index in [9.17, 15) is 4.79 Å². The van der Waals surface area contributed by atoms with E-state index in [1.807, 2.05) is 6.07 Å². The molecule has 0 aliphatic carbocycles. The molecular weight excluding hydrogens is 228 g/mol. The van der Waals surface area contributed by atoms with E-state index in [1.165, 1.54) is 18.7 Å². The van der Waals surface area contributed by atoms with Crippen molar-refractivity contribution >= 4 is 16.8 Å². The van der Waals surface area contributed by atoms with Gasteiger partial charge in [0.1, 0.15) is 6.33 Å². The fourth-order valence-electron chi connectivity index (χ4n) is 1.75. The average Bonchev–Trinajstić information content (AvgIpc) is 2.47. The van der Waals surface area contributed by atoms with Gasteiger partial charge in [-0.15, -0.1) is 0 Å². The fourth-order valence-corrected chi connectivity index (χ4v) is 1.75. The summed E-state index contributed by atoms with van der Waals surface area (Å²) < 4.78 is 0. The number of aromatic nitrogens is 4. The number of carbonyl (C=O) groups is 1. The van der Waals surface area contributed by atoms with Crippen molar-refractivity contribution in [2.45, 2.75) is 0 Å². The monoisotopic (exact) mass is 236 g/mol. The SMILES string of the molecule is O=C(c1cncnc1)c1cccc2nccnc12. The molecule has 0 fully saturated rings. The Labute approximate surface area is 103 Å². The Bertz CT molecular complexity index is 707. The highest BCUT2D eigenvalue weighted by atomic mass is 16.1. The molecule has 0 spiro atoms. The van der Waals surface area contributed by atoms with Crippen LogP contribution in [0.15, 0.2) is 49.3 Å². The van der Waals surface area contributed by atoms with Gasteiger partial charge in [-0.1, -0.05) is 6.07 Å². The molecule has 0 unspecified atom stereocenters. The number of fused-ring (bicyclic) bond motifs is 1. The molecule has 0 saturated carbocycles. The van der Waals surface area contributed by atoms with Crippen LogP contribution in [0.25, 0.3) is 11.0 Å². The quantitative estimate of drug-likeness (QED) is 0.633. The second-order valence-electron chi connectivity index (χ2n) is 3.69. The highest BCUT2D eigenvalue weighted by Gasteiger charge is 2.13. The van der Waals surface area contributed by atoms with E-state index >= 15 is 0 Å². The third-order valence-electron chi connectivity index (χ3n) is 2.57. The Morgan fingerprint density at radius 2 is 1.78 bits per heavy atom. The summed E-state index contributed by atoms with van der Waals surface area (Å²) in [4.78, 5) is 28.4. The zero-order chi connectivity index (χ0) is 12.4. The molecule has 0 atom stereocenters. The molecule has 0 bridgehead atoms. The van der Waals surface area contributed by atoms with Crippen LogP contribution in [0, 0.1) is 0 Å². The summed E-state index contributed by atoms with van der Waals surface area (Å²) in [6, 6.07) is 5.33. The average molecular weight is 236 g/mol. The number of benzene rings is 1. The van der Waals surface area contributed by atoms with E-state index < -0.39 is 0 Å². The van der Waals surface area contributed by atoms with E-state index in [0.717, 1.165) is 0 Å². The van der Waals surface area contributed by atoms with Crippen LogP contribution in [-0.2, 0) is 0 Å². The van der Waals surface area contributed by atoms with Gasteiger partial charge in [-0.2, -0.15) is 0 Å². The molecule has 0 amide bonds. The van der Waals surface area contributed by atoms with Crippen molar-refractivity contribution in [3.63, 3.8) is 0 Å². The third kappa shape index (κ3) is 1.71. The summed E-state index contributed by atoms with van der Waals surface area (Å²) >= 11 is 0. The smallest absolute Gasteiger partial charge is 0.198 e. The maximum absolute atomic E-state index is 12.3. The second-order valence-corrected chi connectivity index (χ2v) is 3.69. The minimum absolute atomic E-state index is 0.151. The fraction of sp³-hybridized carbons (Fsp3) is 0. The number of rotatable bonds is 2. The molecule has 18 heavy (non-hydrogen) atoms. The van der Waals surface area contributed by atoms with Crippen molar-refractivity contribution in [1.82, 2.24) is 19.9 Å². The zero-order valence-corrected chi connectivity index (χ0v) is 9.32. The topological polar surface area (TPSA) is 68.6 Å². The highest BCUT2D eigenvalue weighted by molar-refractivity contribution is 6.14. The molecule has 86 valence electrons. The van der Waals surface area contributed by atoms with Crippen LogP contribution >= 0.6 is 0 Å². The standard InChI is InChI=1S/C13H8N4O/c18-13(9-6-14-8-15-7-9)10-2-1-3-11-12(10)17-5-4-16-11/h1-8H. The van der Waals surface area contributed by atoms with E-state index in [2.05, 4.69) is 19.9 Å². The molecule has 0 N–H and O–H groups in total. The first kappa shape index (κ1) is 10.5. The molecule has 1 aromatic carbocycles. The summed E-state index contributed by atoms with van der Waals surface area (Å²) in [6.45, 7) is 0. The molecule has 2 heterocycles. The van der Waals surface area contributed by atoms with Crippen LogP contribution in [0.2, 0.25) is 0 Å². The van der Waals surface area contributed by atoms with Gasteiger partial charge in [0.15, 0.2) is 5.78 Å². The van der Waals surface area contributed by atoms with Gasteiger partial charge in [-0.05, 0) is 12.1 Å². The molecule has 5 nitrogen and oxygen atoms in total. The van der Waals surface area contributed by atoms with Crippen molar-refractivity contribution in [2.24, 2.45) is 0 Å². The van der Waals surface area contributed by atoms with Crippen LogP contribution < -0.4 is 0 Å². The van der Waals surface area contributed by atoms with Gasteiger partial charge in [-0.3, -0.25) is 14.8 Å². The number of carbonyl (C=O) groups excluding carboxylic acids is 1. The summed E-state index contributed by atoms with van der Waals surface area (Å²) in [7, 11) is 0. The van der Waals surface area contributed by atoms with Gasteiger partial charge >= 0.3 is 0 Å². The minimum Gasteiger partial charge on any atom is -0.288 e. The Hall–Kier alpha value is -2.69. The molecule has 0 saturated heterocycles. The number of hydrogen-bond acceptors (Lipinski definition) is 5. The van der Waals surface area contributed by atoms with Gasteiger partial charge in [0.05, 0.1) is 22.2 Å². The molecule has 0 aliphatic heterocycles. The first-order chi connectivity index (χ1) is 8.86. The lowest BCUT2D eigenvalue weighted by molar-refractivity contribution is 0.103. The van der Waals surface area contributed by atoms with Crippen LogP contribution in [0.1, 0.15) is 15.9 Å². The Morgan fingerprint density at radius 3 is 2.61 bits per heavy atom. The van der Waals surface area contributed by atoms with E-state index in [4.69, 9.17) is 0 Å². The molecule has 2 aromatic heterocycles. The van der Waals surface area contributed by atoms with Crippen LogP contribution in [0.4, 0.5) is 0 Å². The lowest BCUT2D eigenvalue weighted by atomic mass is 10.0. The van der Waals surface area contributed by atoms with E-state index in [0.29, 0.717) is 22.2 Å². The maximum Gasteiger partial charge on any atom is 0.198 e. The predicted molar refractivity (Wildman–Crippen MR) is 65.0 cm³/mol. The van der Waals surface area contributed by atoms with Gasteiger partial charge in [0.25, 0.3) is 0 Å². The van der Waals surface area contributed by atoms with Crippen LogP contribution in [0.3, 0.4) is 0 Å². The lowest BCUT2D eigenvalue weighted by Gasteiger charge is -2.03. The van der Waals surface area contributed by atoms with Crippen molar-refractivity contribution in [3.8, 4) is 0 Å². The molecule has 5 heteroatoms. The summed E-state index contributed by atoms with van der Waals surface area (Å²) in [5.74, 6) is -0.151. The first-order valence-electron chi connectivity index (χ1n) is 5.36. The first-order valence-corrected chi connectivity index (χ1v) is 5.36. The molecule has 0 aliphatic rings. The predicted octanol–water partition coefficient (Wildman–Crippen LogP) is 1.65. The van der Waals surface area contributed by atoms with Gasteiger partial charge in [0.2, 0.25) is 0 Å². The van der Waals surface area contributed by atoms with Crippen molar-refractivity contribution in [3.05, 3.63) is 60.4 Å². The van der Waals surface area contributed by atoms with Crippen molar-refractivity contribution < 1.29 is 4.79 Å². The van der Waals surface area contributed by atoms with Gasteiger partial charge in [-0.25, -0.2) is 9.97 Å². The largest absolute Gasteiger partial charge is 0.288 e. The lowest BCUT2D eigenvalue weighted by Crippen LogP contribution is -2.04. The second kappa shape index (κ2) is 4.29. The summed E-state index contributed by atoms with van der Waals surface area (Å²) in [5.41, 5.74) is 2.24. The minimum atomic E-state index is -0.151. The molecule has 3 aromatic rings. The number of ketones is 1. The summed E-state index contributed by atoms with van der Waals surface area (Å²) in [6.07, 6.45) is 7.54. The molecular formula is C13H8N4O. The summed E-state index contributed by atoms with van der Waals surface area (Å²) in [5, 5.41) is 0. The zero-order valence-electron chi connectivity index (χ0n) is 9.32. The normalized spacial score (nSPS) is 10.4. The number of nitrogens with zero attached hydrogens (tertiary/aromatic N) is 4. The molecule has 3 rings (SSSR count). The van der Waals surface area contributed by atoms with Crippen molar-refractivity contribution in [2.75, 3.05) is 0 Å². The van der Waals surface area contributed by atoms with E-state index in [1.54, 1.807) is 24.5 Å². The molecule has 0 radical (unpaired) electrons. The number of hydrogen-bond donors (Lipinski definition) is 0. The van der Waals surface area contributed by atoms with Gasteiger partial charge in [0, 0.05) is 24.8 Å². The third-order valence-corrected chi connectivity index (χ3v) is 2.57. The Morgan fingerprint density at radius 1 is 1.00 bits per heavy atom.